The van der Waals surface area contributed by atoms with Crippen LogP contribution in [0, 0.1) is 0 Å². The molecule has 0 aliphatic heterocycles. The van der Waals surface area contributed by atoms with Crippen LogP contribution in [0.1, 0.15) is 39.9 Å². The van der Waals surface area contributed by atoms with Crippen molar-refractivity contribution >= 4 is 9.84 Å². The fourth-order valence-corrected chi connectivity index (χ4v) is 2.39. The quantitative estimate of drug-likeness (QED) is 0.809. The summed E-state index contributed by atoms with van der Waals surface area (Å²) in [6, 6.07) is 0. The smallest absolute Gasteiger partial charge is 0.150 e. The van der Waals surface area contributed by atoms with Crippen LogP contribution >= 0.6 is 0 Å². The molecule has 1 N–H and O–H groups in total. The second kappa shape index (κ2) is 6.47. The monoisotopic (exact) mass is 288 g/mol. The predicted octanol–water partition coefficient (Wildman–Crippen LogP) is 0.991. The van der Waals surface area contributed by atoms with Crippen molar-refractivity contribution in [1.82, 2.24) is 20.1 Å². The van der Waals surface area contributed by atoms with Crippen molar-refractivity contribution < 1.29 is 8.42 Å². The molecular weight excluding hydrogens is 264 g/mol. The van der Waals surface area contributed by atoms with Gasteiger partial charge in [-0.1, -0.05) is 6.92 Å². The number of hydrogen-bond donors (Lipinski definition) is 1. The predicted molar refractivity (Wildman–Crippen MR) is 75.6 cm³/mol. The molecule has 0 spiro atoms. The summed E-state index contributed by atoms with van der Waals surface area (Å²) in [6.07, 6.45) is 2.08. The summed E-state index contributed by atoms with van der Waals surface area (Å²) in [4.78, 5) is 4.19. The van der Waals surface area contributed by atoms with Crippen molar-refractivity contribution in [2.45, 2.75) is 52.7 Å². The fourth-order valence-electron chi connectivity index (χ4n) is 1.53. The Hall–Kier alpha value is -0.950. The number of sulfone groups is 1. The van der Waals surface area contributed by atoms with E-state index in [1.165, 1.54) is 6.33 Å². The average molecular weight is 288 g/mol. The maximum absolute atomic E-state index is 11.4. The van der Waals surface area contributed by atoms with Crippen LogP contribution in [-0.2, 0) is 22.9 Å². The third kappa shape index (κ3) is 6.15. The van der Waals surface area contributed by atoms with Gasteiger partial charge in [-0.05, 0) is 27.2 Å². The highest BCUT2D eigenvalue weighted by atomic mass is 32.2. The van der Waals surface area contributed by atoms with Crippen molar-refractivity contribution in [2.75, 3.05) is 11.5 Å². The zero-order valence-corrected chi connectivity index (χ0v) is 13.0. The highest BCUT2D eigenvalue weighted by Crippen LogP contribution is 2.03. The van der Waals surface area contributed by atoms with E-state index in [0.717, 1.165) is 5.82 Å². The molecule has 0 aliphatic rings. The zero-order valence-electron chi connectivity index (χ0n) is 12.2. The molecule has 0 saturated heterocycles. The minimum absolute atomic E-state index is 0.0162. The highest BCUT2D eigenvalue weighted by molar-refractivity contribution is 7.91. The highest BCUT2D eigenvalue weighted by Gasteiger charge is 2.12. The van der Waals surface area contributed by atoms with Gasteiger partial charge in [0.05, 0.1) is 12.3 Å². The molecule has 0 unspecified atom stereocenters. The van der Waals surface area contributed by atoms with Crippen LogP contribution in [0.15, 0.2) is 6.33 Å². The Kier molecular flexibility index (Phi) is 5.49. The van der Waals surface area contributed by atoms with Gasteiger partial charge in [0.25, 0.3) is 0 Å². The molecule has 6 nitrogen and oxygen atoms in total. The lowest BCUT2D eigenvalue weighted by Crippen LogP contribution is -2.36. The van der Waals surface area contributed by atoms with Crippen LogP contribution in [0.25, 0.3) is 0 Å². The molecule has 0 aromatic carbocycles. The van der Waals surface area contributed by atoms with Gasteiger partial charge in [0.15, 0.2) is 0 Å². The van der Waals surface area contributed by atoms with E-state index in [1.54, 1.807) is 11.6 Å². The number of nitrogens with one attached hydrogen (secondary N) is 1. The summed E-state index contributed by atoms with van der Waals surface area (Å²) in [5.41, 5.74) is 0.0162. The van der Waals surface area contributed by atoms with E-state index in [4.69, 9.17) is 0 Å². The van der Waals surface area contributed by atoms with Crippen molar-refractivity contribution in [3.8, 4) is 0 Å². The number of nitrogens with zero attached hydrogens (tertiary/aromatic N) is 3. The molecule has 0 saturated carbocycles. The lowest BCUT2D eigenvalue weighted by molar-refractivity contribution is 0.407. The van der Waals surface area contributed by atoms with E-state index in [9.17, 15) is 8.42 Å². The molecule has 1 aromatic heterocycles. The first-order valence-electron chi connectivity index (χ1n) is 6.55. The Morgan fingerprint density at radius 2 is 2.05 bits per heavy atom. The summed E-state index contributed by atoms with van der Waals surface area (Å²) < 4.78 is 24.6. The second-order valence-corrected chi connectivity index (χ2v) is 8.07. The van der Waals surface area contributed by atoms with Gasteiger partial charge in [-0.15, -0.1) is 0 Å². The molecule has 0 atom stereocenters. The van der Waals surface area contributed by atoms with Gasteiger partial charge in [0.1, 0.15) is 22.0 Å². The number of rotatable bonds is 7. The van der Waals surface area contributed by atoms with E-state index in [1.807, 2.05) is 0 Å². The van der Waals surface area contributed by atoms with Gasteiger partial charge in [-0.2, -0.15) is 5.10 Å². The number of aryl methyl sites for hydroxylation is 1. The minimum atomic E-state index is -2.90. The third-order valence-electron chi connectivity index (χ3n) is 2.74. The Bertz CT molecular complexity index is 488. The molecule has 0 radical (unpaired) electrons. The largest absolute Gasteiger partial charge is 0.305 e. The van der Waals surface area contributed by atoms with Crippen molar-refractivity contribution in [1.29, 1.82) is 0 Å². The number of aromatic nitrogens is 3. The van der Waals surface area contributed by atoms with Crippen LogP contribution < -0.4 is 5.32 Å². The normalized spacial score (nSPS) is 12.8. The van der Waals surface area contributed by atoms with Gasteiger partial charge < -0.3 is 5.32 Å². The standard InChI is InChI=1S/C12H24N4O2S/c1-5-19(17,18)8-6-7-16-11(13-10-15-16)9-14-12(2,3)4/h10,14H,5-9H2,1-4H3. The first kappa shape index (κ1) is 16.1. The molecule has 1 rings (SSSR count). The maximum Gasteiger partial charge on any atom is 0.150 e. The minimum Gasteiger partial charge on any atom is -0.305 e. The van der Waals surface area contributed by atoms with E-state index >= 15 is 0 Å². The summed E-state index contributed by atoms with van der Waals surface area (Å²) in [5.74, 6) is 1.24. The molecule has 0 fully saturated rings. The lowest BCUT2D eigenvalue weighted by atomic mass is 10.1. The zero-order chi connectivity index (χ0) is 14.5. The molecule has 0 bridgehead atoms. The van der Waals surface area contributed by atoms with Crippen LogP contribution in [-0.4, -0.2) is 40.2 Å². The molecule has 7 heteroatoms. The van der Waals surface area contributed by atoms with E-state index in [0.29, 0.717) is 19.5 Å². The van der Waals surface area contributed by atoms with Gasteiger partial charge in [-0.25, -0.2) is 18.1 Å². The summed E-state index contributed by atoms with van der Waals surface area (Å²) in [6.45, 7) is 9.14. The van der Waals surface area contributed by atoms with Crippen LogP contribution in [0.3, 0.4) is 0 Å². The van der Waals surface area contributed by atoms with Crippen LogP contribution in [0.5, 0.6) is 0 Å². The van der Waals surface area contributed by atoms with Gasteiger partial charge in [0, 0.05) is 17.8 Å². The third-order valence-corrected chi connectivity index (χ3v) is 4.53. The second-order valence-electron chi connectivity index (χ2n) is 5.59. The van der Waals surface area contributed by atoms with E-state index in [2.05, 4.69) is 36.2 Å². The first-order valence-corrected chi connectivity index (χ1v) is 8.38. The lowest BCUT2D eigenvalue weighted by Gasteiger charge is -2.20. The van der Waals surface area contributed by atoms with Gasteiger partial charge in [0.2, 0.25) is 0 Å². The Morgan fingerprint density at radius 1 is 1.37 bits per heavy atom. The van der Waals surface area contributed by atoms with Crippen molar-refractivity contribution in [2.24, 2.45) is 0 Å². The molecule has 1 aromatic rings. The Balaban J connectivity index is 2.49. The first-order chi connectivity index (χ1) is 8.73. The van der Waals surface area contributed by atoms with E-state index in [-0.39, 0.29) is 17.0 Å². The maximum atomic E-state index is 11.4. The van der Waals surface area contributed by atoms with Crippen molar-refractivity contribution in [3.05, 3.63) is 12.2 Å². The molecule has 1 heterocycles. The van der Waals surface area contributed by atoms with Crippen molar-refractivity contribution in [3.63, 3.8) is 0 Å². The number of hydrogen-bond acceptors (Lipinski definition) is 5. The summed E-state index contributed by atoms with van der Waals surface area (Å²) >= 11 is 0. The molecule has 19 heavy (non-hydrogen) atoms. The van der Waals surface area contributed by atoms with Crippen LogP contribution in [0.2, 0.25) is 0 Å². The Morgan fingerprint density at radius 3 is 2.63 bits per heavy atom. The molecule has 110 valence electrons. The van der Waals surface area contributed by atoms with E-state index < -0.39 is 9.84 Å². The summed E-state index contributed by atoms with van der Waals surface area (Å²) in [7, 11) is -2.90. The average Bonchev–Trinajstić information content (AvgIpc) is 2.73. The molecule has 0 amide bonds. The molecule has 0 aliphatic carbocycles. The fraction of sp³-hybridized carbons (Fsp3) is 0.833. The molecular formula is C12H24N4O2S. The van der Waals surface area contributed by atoms with Crippen LogP contribution in [0.4, 0.5) is 0 Å². The van der Waals surface area contributed by atoms with Gasteiger partial charge in [-0.3, -0.25) is 0 Å². The summed E-state index contributed by atoms with van der Waals surface area (Å²) in [5, 5.41) is 7.47. The topological polar surface area (TPSA) is 76.9 Å². The Labute approximate surface area is 115 Å². The van der Waals surface area contributed by atoms with Gasteiger partial charge >= 0.3 is 0 Å². The SMILES string of the molecule is CCS(=O)(=O)CCCn1ncnc1CNC(C)(C)C.